The van der Waals surface area contributed by atoms with Crippen LogP contribution in [0.15, 0.2) is 9.95 Å². The lowest BCUT2D eigenvalue weighted by atomic mass is 9.97. The molecule has 0 unspecified atom stereocenters. The van der Waals surface area contributed by atoms with Crippen molar-refractivity contribution in [2.45, 2.75) is 70.2 Å². The van der Waals surface area contributed by atoms with Gasteiger partial charge in [-0.25, -0.2) is 4.98 Å². The molecule has 3 heterocycles. The molecule has 1 fully saturated rings. The smallest absolute Gasteiger partial charge is 0.263 e. The molecule has 4 rings (SSSR count). The maximum Gasteiger partial charge on any atom is 0.263 e. The van der Waals surface area contributed by atoms with Gasteiger partial charge in [-0.05, 0) is 50.0 Å². The van der Waals surface area contributed by atoms with Crippen LogP contribution >= 0.6 is 23.1 Å². The average Bonchev–Trinajstić information content (AvgIpc) is 3.22. The first-order chi connectivity index (χ1) is 12.1. The van der Waals surface area contributed by atoms with Gasteiger partial charge in [-0.1, -0.05) is 25.6 Å². The Bertz CT molecular complexity index is 819. The first-order valence-corrected chi connectivity index (χ1v) is 11.2. The Hall–Kier alpha value is -0.850. The number of thioether (sulfide) groups is 1. The van der Waals surface area contributed by atoms with Gasteiger partial charge in [0, 0.05) is 17.2 Å². The van der Waals surface area contributed by atoms with E-state index < -0.39 is 0 Å². The van der Waals surface area contributed by atoms with E-state index in [-0.39, 0.29) is 11.7 Å². The minimum atomic E-state index is 0.157. The Morgan fingerprint density at radius 3 is 2.92 bits per heavy atom. The number of hydrogen-bond acceptors (Lipinski definition) is 5. The zero-order valence-corrected chi connectivity index (χ0v) is 16.7. The number of aromatic nitrogens is 2. The number of aryl methyl sites for hydroxylation is 2. The largest absolute Gasteiger partial charge is 0.376 e. The highest BCUT2D eigenvalue weighted by molar-refractivity contribution is 7.99. The van der Waals surface area contributed by atoms with Crippen molar-refractivity contribution in [3.05, 3.63) is 20.8 Å². The van der Waals surface area contributed by atoms with Crippen molar-refractivity contribution in [3.63, 3.8) is 0 Å². The van der Waals surface area contributed by atoms with Crippen LogP contribution in [0, 0.1) is 5.92 Å². The predicted octanol–water partition coefficient (Wildman–Crippen LogP) is 4.26. The third-order valence-corrected chi connectivity index (χ3v) is 7.58. The fourth-order valence-corrected chi connectivity index (χ4v) is 5.99. The van der Waals surface area contributed by atoms with Crippen LogP contribution in [0.3, 0.4) is 0 Å². The third-order valence-electron chi connectivity index (χ3n) is 5.00. The predicted molar refractivity (Wildman–Crippen MR) is 105 cm³/mol. The van der Waals surface area contributed by atoms with Gasteiger partial charge < -0.3 is 4.74 Å². The number of nitrogens with zero attached hydrogens (tertiary/aromatic N) is 2. The van der Waals surface area contributed by atoms with E-state index in [1.807, 2.05) is 4.57 Å². The molecule has 1 saturated heterocycles. The molecule has 25 heavy (non-hydrogen) atoms. The van der Waals surface area contributed by atoms with Crippen LogP contribution in [-0.2, 0) is 24.1 Å². The van der Waals surface area contributed by atoms with Crippen LogP contribution in [0.2, 0.25) is 0 Å². The van der Waals surface area contributed by atoms with Crippen molar-refractivity contribution >= 4 is 33.3 Å². The second-order valence-corrected chi connectivity index (χ2v) is 9.61. The van der Waals surface area contributed by atoms with E-state index in [0.29, 0.717) is 12.5 Å². The lowest BCUT2D eigenvalue weighted by Crippen LogP contribution is -2.29. The van der Waals surface area contributed by atoms with Crippen molar-refractivity contribution in [1.29, 1.82) is 0 Å². The molecule has 2 aromatic rings. The van der Waals surface area contributed by atoms with Gasteiger partial charge in [0.15, 0.2) is 5.16 Å². The normalized spacial score (nSPS) is 20.5. The van der Waals surface area contributed by atoms with Crippen molar-refractivity contribution in [3.8, 4) is 0 Å². The van der Waals surface area contributed by atoms with E-state index in [2.05, 4.69) is 13.8 Å². The van der Waals surface area contributed by atoms with Gasteiger partial charge in [-0.2, -0.15) is 0 Å². The molecule has 1 aliphatic heterocycles. The van der Waals surface area contributed by atoms with Crippen LogP contribution in [0.5, 0.6) is 0 Å². The average molecular weight is 379 g/mol. The zero-order valence-electron chi connectivity index (χ0n) is 15.0. The van der Waals surface area contributed by atoms with E-state index in [9.17, 15) is 4.79 Å². The summed E-state index contributed by atoms with van der Waals surface area (Å²) in [6.45, 7) is 5.88. The van der Waals surface area contributed by atoms with E-state index >= 15 is 0 Å². The first-order valence-electron chi connectivity index (χ1n) is 9.43. The number of rotatable bonds is 5. The van der Waals surface area contributed by atoms with Crippen molar-refractivity contribution in [1.82, 2.24) is 9.55 Å². The lowest BCUT2D eigenvalue weighted by molar-refractivity contribution is 0.0937. The summed E-state index contributed by atoms with van der Waals surface area (Å²) in [5.74, 6) is 1.56. The summed E-state index contributed by atoms with van der Waals surface area (Å²) in [4.78, 5) is 20.7. The van der Waals surface area contributed by atoms with Crippen LogP contribution in [0.1, 0.15) is 50.0 Å². The van der Waals surface area contributed by atoms with E-state index in [1.54, 1.807) is 23.1 Å². The molecular formula is C19H26N2O2S2. The van der Waals surface area contributed by atoms with Crippen LogP contribution in [0.4, 0.5) is 0 Å². The summed E-state index contributed by atoms with van der Waals surface area (Å²) in [7, 11) is 0. The molecule has 0 spiro atoms. The minimum Gasteiger partial charge on any atom is -0.376 e. The molecule has 0 N–H and O–H groups in total. The molecule has 2 aromatic heterocycles. The summed E-state index contributed by atoms with van der Waals surface area (Å²) >= 11 is 3.46. The van der Waals surface area contributed by atoms with Gasteiger partial charge in [0.1, 0.15) is 4.83 Å². The molecule has 136 valence electrons. The maximum absolute atomic E-state index is 13.4. The van der Waals surface area contributed by atoms with Gasteiger partial charge in [0.2, 0.25) is 0 Å². The number of hydrogen-bond donors (Lipinski definition) is 0. The highest BCUT2D eigenvalue weighted by atomic mass is 32.2. The lowest BCUT2D eigenvalue weighted by Gasteiger charge is -2.17. The summed E-state index contributed by atoms with van der Waals surface area (Å²) < 4.78 is 7.71. The summed E-state index contributed by atoms with van der Waals surface area (Å²) in [6, 6.07) is 0. The third kappa shape index (κ3) is 3.53. The summed E-state index contributed by atoms with van der Waals surface area (Å²) in [5.41, 5.74) is 1.44. The second kappa shape index (κ2) is 7.41. The minimum absolute atomic E-state index is 0.157. The molecule has 0 bridgehead atoms. The topological polar surface area (TPSA) is 44.1 Å². The van der Waals surface area contributed by atoms with Crippen LogP contribution < -0.4 is 5.56 Å². The van der Waals surface area contributed by atoms with Gasteiger partial charge in [0.05, 0.1) is 18.0 Å². The van der Waals surface area contributed by atoms with Crippen molar-refractivity contribution in [2.24, 2.45) is 5.92 Å². The van der Waals surface area contributed by atoms with Gasteiger partial charge >= 0.3 is 0 Å². The molecule has 1 atom stereocenters. The quantitative estimate of drug-likeness (QED) is 0.576. The van der Waals surface area contributed by atoms with E-state index in [1.165, 1.54) is 23.3 Å². The van der Waals surface area contributed by atoms with Crippen molar-refractivity contribution in [2.75, 3.05) is 12.4 Å². The summed E-state index contributed by atoms with van der Waals surface area (Å²) in [6.07, 6.45) is 6.86. The molecule has 4 nitrogen and oxygen atoms in total. The molecule has 0 radical (unpaired) electrons. The molecule has 6 heteroatoms. The molecular weight excluding hydrogens is 352 g/mol. The fourth-order valence-electron chi connectivity index (χ4n) is 3.72. The Morgan fingerprint density at radius 1 is 1.32 bits per heavy atom. The fraction of sp³-hybridized carbons (Fsp3) is 0.684. The Balaban J connectivity index is 1.80. The molecule has 0 aromatic carbocycles. The highest BCUT2D eigenvalue weighted by Crippen LogP contribution is 2.35. The Labute approximate surface area is 157 Å². The highest BCUT2D eigenvalue weighted by Gasteiger charge is 2.24. The number of thiophene rings is 1. The SMILES string of the molecule is CC(C)CSc1nc2sc3c(c2c(=O)n1C[C@H]1CCCO1)CCCC3. The standard InChI is InChI=1S/C19H26N2O2S2/c1-12(2)11-24-19-20-17-16(14-7-3-4-8-15(14)25-17)18(22)21(19)10-13-6-5-9-23-13/h12-13H,3-11H2,1-2H3/t13-/m1/s1. The molecule has 0 amide bonds. The van der Waals surface area contributed by atoms with E-state index in [0.717, 1.165) is 53.4 Å². The van der Waals surface area contributed by atoms with Gasteiger partial charge in [-0.3, -0.25) is 9.36 Å². The second-order valence-electron chi connectivity index (χ2n) is 7.54. The van der Waals surface area contributed by atoms with E-state index in [4.69, 9.17) is 9.72 Å². The molecule has 0 saturated carbocycles. The molecule has 1 aliphatic carbocycles. The van der Waals surface area contributed by atoms with Crippen LogP contribution in [0.25, 0.3) is 10.2 Å². The summed E-state index contributed by atoms with van der Waals surface area (Å²) in [5, 5.41) is 1.77. The number of ether oxygens (including phenoxy) is 1. The van der Waals surface area contributed by atoms with Gasteiger partial charge in [0.25, 0.3) is 5.56 Å². The monoisotopic (exact) mass is 378 g/mol. The van der Waals surface area contributed by atoms with Crippen LogP contribution in [-0.4, -0.2) is 28.0 Å². The van der Waals surface area contributed by atoms with Gasteiger partial charge in [-0.15, -0.1) is 11.3 Å². The van der Waals surface area contributed by atoms with Crippen molar-refractivity contribution < 1.29 is 4.74 Å². The maximum atomic E-state index is 13.4. The number of fused-ring (bicyclic) bond motifs is 3. The zero-order chi connectivity index (χ0) is 17.4. The molecule has 2 aliphatic rings. The first kappa shape index (κ1) is 17.6. The Morgan fingerprint density at radius 2 is 2.16 bits per heavy atom. The Kier molecular flexibility index (Phi) is 5.20.